The smallest absolute Gasteiger partial charge is 0.0380 e. The summed E-state index contributed by atoms with van der Waals surface area (Å²) in [5, 5.41) is 3.87. The van der Waals surface area contributed by atoms with Crippen LogP contribution in [0.25, 0.3) is 10.4 Å². The fraction of sp³-hybridized carbons (Fsp3) is 1.00. The SMILES string of the molecule is [N-]=[N+]=NC1C[C@@H]2CN(CC3CC3)C[C@@H]2C1. The van der Waals surface area contributed by atoms with Gasteiger partial charge in [0.15, 0.2) is 0 Å². The topological polar surface area (TPSA) is 52.0 Å². The lowest BCUT2D eigenvalue weighted by molar-refractivity contribution is 0.295. The van der Waals surface area contributed by atoms with Crippen molar-refractivity contribution in [1.29, 1.82) is 0 Å². The minimum atomic E-state index is 0.299. The lowest BCUT2D eigenvalue weighted by atomic mass is 10.0. The molecule has 4 heteroatoms. The van der Waals surface area contributed by atoms with E-state index in [9.17, 15) is 0 Å². The van der Waals surface area contributed by atoms with Crippen molar-refractivity contribution in [2.24, 2.45) is 22.9 Å². The fourth-order valence-electron chi connectivity index (χ4n) is 3.35. The van der Waals surface area contributed by atoms with Crippen molar-refractivity contribution in [3.63, 3.8) is 0 Å². The van der Waals surface area contributed by atoms with Crippen LogP contribution in [0.1, 0.15) is 25.7 Å². The minimum Gasteiger partial charge on any atom is -0.302 e. The molecule has 1 saturated heterocycles. The van der Waals surface area contributed by atoms with Crippen molar-refractivity contribution >= 4 is 0 Å². The highest BCUT2D eigenvalue weighted by Gasteiger charge is 2.41. The summed E-state index contributed by atoms with van der Waals surface area (Å²) in [5.41, 5.74) is 8.42. The first-order valence-electron chi connectivity index (χ1n) is 6.11. The summed E-state index contributed by atoms with van der Waals surface area (Å²) in [7, 11) is 0. The maximum atomic E-state index is 8.42. The standard InChI is InChI=1S/C11H18N4/c12-14-13-11-3-9-6-15(5-8-1-2-8)7-10(9)4-11/h8-11H,1-7H2/t9-,10+,11?. The molecular formula is C11H18N4. The summed E-state index contributed by atoms with van der Waals surface area (Å²) in [5.74, 6) is 2.65. The second-order valence-electron chi connectivity index (χ2n) is 5.51. The molecule has 4 nitrogen and oxygen atoms in total. The van der Waals surface area contributed by atoms with Crippen LogP contribution in [0.2, 0.25) is 0 Å². The Morgan fingerprint density at radius 1 is 1.20 bits per heavy atom. The van der Waals surface area contributed by atoms with Gasteiger partial charge in [-0.15, -0.1) is 0 Å². The van der Waals surface area contributed by atoms with Gasteiger partial charge in [-0.2, -0.15) is 0 Å². The van der Waals surface area contributed by atoms with Crippen LogP contribution >= 0.6 is 0 Å². The van der Waals surface area contributed by atoms with E-state index < -0.39 is 0 Å². The summed E-state index contributed by atoms with van der Waals surface area (Å²) in [6.45, 7) is 3.86. The predicted molar refractivity (Wildman–Crippen MR) is 58.3 cm³/mol. The second-order valence-corrected chi connectivity index (χ2v) is 5.51. The molecule has 3 fully saturated rings. The summed E-state index contributed by atoms with van der Waals surface area (Å²) in [6, 6.07) is 0.299. The predicted octanol–water partition coefficient (Wildman–Crippen LogP) is 2.42. The molecule has 1 heterocycles. The number of azide groups is 1. The zero-order valence-electron chi connectivity index (χ0n) is 9.05. The zero-order chi connectivity index (χ0) is 10.3. The van der Waals surface area contributed by atoms with Crippen LogP contribution in [-0.4, -0.2) is 30.6 Å². The third kappa shape index (κ3) is 1.97. The number of nitrogens with zero attached hydrogens (tertiary/aromatic N) is 4. The Labute approximate surface area is 90.3 Å². The molecule has 1 unspecified atom stereocenters. The largest absolute Gasteiger partial charge is 0.302 e. The Kier molecular flexibility index (Phi) is 2.33. The number of rotatable bonds is 3. The van der Waals surface area contributed by atoms with Crippen molar-refractivity contribution in [1.82, 2.24) is 4.90 Å². The van der Waals surface area contributed by atoms with E-state index >= 15 is 0 Å². The summed E-state index contributed by atoms with van der Waals surface area (Å²) in [4.78, 5) is 5.57. The van der Waals surface area contributed by atoms with E-state index in [-0.39, 0.29) is 0 Å². The van der Waals surface area contributed by atoms with Gasteiger partial charge in [0.25, 0.3) is 0 Å². The first kappa shape index (κ1) is 9.49. The van der Waals surface area contributed by atoms with Crippen LogP contribution in [0.5, 0.6) is 0 Å². The molecule has 0 aromatic rings. The van der Waals surface area contributed by atoms with Crippen LogP contribution < -0.4 is 0 Å². The average Bonchev–Trinajstić information content (AvgIpc) is 2.79. The highest BCUT2D eigenvalue weighted by atomic mass is 15.2. The molecule has 15 heavy (non-hydrogen) atoms. The van der Waals surface area contributed by atoms with Crippen molar-refractivity contribution in [2.75, 3.05) is 19.6 Å². The summed E-state index contributed by atoms with van der Waals surface area (Å²) >= 11 is 0. The monoisotopic (exact) mass is 206 g/mol. The third-order valence-electron chi connectivity index (χ3n) is 4.23. The van der Waals surface area contributed by atoms with Gasteiger partial charge in [0, 0.05) is 30.6 Å². The van der Waals surface area contributed by atoms with E-state index in [0.29, 0.717) is 6.04 Å². The molecule has 2 saturated carbocycles. The quantitative estimate of drug-likeness (QED) is 0.397. The van der Waals surface area contributed by atoms with Gasteiger partial charge in [-0.05, 0) is 49.0 Å². The Morgan fingerprint density at radius 2 is 1.87 bits per heavy atom. The first-order valence-corrected chi connectivity index (χ1v) is 6.11. The minimum absolute atomic E-state index is 0.299. The molecule has 0 spiro atoms. The van der Waals surface area contributed by atoms with Crippen LogP contribution in [0.3, 0.4) is 0 Å². The van der Waals surface area contributed by atoms with Crippen LogP contribution in [0.4, 0.5) is 0 Å². The third-order valence-corrected chi connectivity index (χ3v) is 4.23. The van der Waals surface area contributed by atoms with Gasteiger partial charge in [-0.25, -0.2) is 0 Å². The maximum Gasteiger partial charge on any atom is 0.0380 e. The highest BCUT2D eigenvalue weighted by Crippen LogP contribution is 2.41. The van der Waals surface area contributed by atoms with Gasteiger partial charge in [0.1, 0.15) is 0 Å². The van der Waals surface area contributed by atoms with Crippen LogP contribution in [0, 0.1) is 17.8 Å². The van der Waals surface area contributed by atoms with Crippen LogP contribution in [-0.2, 0) is 0 Å². The molecule has 0 amide bonds. The zero-order valence-corrected chi connectivity index (χ0v) is 9.05. The highest BCUT2D eigenvalue weighted by molar-refractivity contribution is 4.96. The second kappa shape index (κ2) is 3.69. The van der Waals surface area contributed by atoms with Gasteiger partial charge in [0.05, 0.1) is 0 Å². The lowest BCUT2D eigenvalue weighted by Crippen LogP contribution is -2.25. The van der Waals surface area contributed by atoms with E-state index in [4.69, 9.17) is 5.53 Å². The molecule has 0 bridgehead atoms. The van der Waals surface area contributed by atoms with Crippen molar-refractivity contribution in [2.45, 2.75) is 31.7 Å². The average molecular weight is 206 g/mol. The van der Waals surface area contributed by atoms with E-state index in [1.54, 1.807) is 0 Å². The van der Waals surface area contributed by atoms with Crippen molar-refractivity contribution in [3.05, 3.63) is 10.4 Å². The fourth-order valence-corrected chi connectivity index (χ4v) is 3.35. The Morgan fingerprint density at radius 3 is 2.40 bits per heavy atom. The molecule has 82 valence electrons. The van der Waals surface area contributed by atoms with Gasteiger partial charge in [-0.3, -0.25) is 0 Å². The molecule has 0 aromatic carbocycles. The molecule has 2 aliphatic carbocycles. The number of hydrogen-bond acceptors (Lipinski definition) is 2. The number of likely N-dealkylation sites (tertiary alicyclic amines) is 1. The number of hydrogen-bond donors (Lipinski definition) is 0. The van der Waals surface area contributed by atoms with E-state index in [1.165, 1.54) is 32.5 Å². The first-order chi connectivity index (χ1) is 7.35. The number of fused-ring (bicyclic) bond motifs is 1. The summed E-state index contributed by atoms with van der Waals surface area (Å²) < 4.78 is 0. The molecule has 3 atom stereocenters. The van der Waals surface area contributed by atoms with E-state index in [1.807, 2.05) is 0 Å². The molecule has 3 aliphatic rings. The molecule has 3 rings (SSSR count). The Bertz CT molecular complexity index is 279. The lowest BCUT2D eigenvalue weighted by Gasteiger charge is -2.16. The van der Waals surface area contributed by atoms with Crippen molar-refractivity contribution < 1.29 is 0 Å². The van der Waals surface area contributed by atoms with Crippen molar-refractivity contribution in [3.8, 4) is 0 Å². The van der Waals surface area contributed by atoms with E-state index in [2.05, 4.69) is 14.9 Å². The van der Waals surface area contributed by atoms with E-state index in [0.717, 1.165) is 30.6 Å². The maximum absolute atomic E-state index is 8.42. The van der Waals surface area contributed by atoms with Gasteiger partial charge in [-0.1, -0.05) is 5.11 Å². The van der Waals surface area contributed by atoms with Crippen LogP contribution in [0.15, 0.2) is 5.11 Å². The molecule has 1 aliphatic heterocycles. The normalized spacial score (nSPS) is 40.1. The molecule has 0 N–H and O–H groups in total. The Hall–Kier alpha value is -0.730. The Balaban J connectivity index is 1.53. The van der Waals surface area contributed by atoms with Gasteiger partial charge in [0.2, 0.25) is 0 Å². The van der Waals surface area contributed by atoms with Gasteiger partial charge >= 0.3 is 0 Å². The molecule has 0 radical (unpaired) electrons. The molecular weight excluding hydrogens is 188 g/mol. The van der Waals surface area contributed by atoms with Gasteiger partial charge < -0.3 is 4.90 Å². The summed E-state index contributed by atoms with van der Waals surface area (Å²) in [6.07, 6.45) is 5.17. The molecule has 0 aromatic heterocycles.